The number of nitrogen functional groups attached to an aromatic ring is 1. The molecule has 0 aliphatic carbocycles. The van der Waals surface area contributed by atoms with Gasteiger partial charge in [0, 0.05) is 27.2 Å². The standard InChI is InChI=1S/C41H66FN5O18P2S/c1-5-6-7-8-9-10-11-12-13-14-15-16-17-18-19-20-30(51)57-21-28(42)34-35(59-25(2)48)36(60-26(3)49)37(61-27(4)50)41(63-34)64-66(54,55)65-67(56,68)58-22-29-32(52)33(53)40(62-29)47-24-46-31-38(43)44-23-45-39(31)47/h23-24,28-29,32-37,40-41,52-53H,5-22H2,1-4H3,(H,54,55)(H,56,68)(H2,43,44,45)/t28-,29+,32+,33+,34+,35+,36-,37-,40+,41-,67?/m0/s1. The lowest BCUT2D eigenvalue weighted by atomic mass is 9.95. The number of halogens is 1. The number of phosphoric acid groups is 1. The number of phosphoric ester groups is 1. The van der Waals surface area contributed by atoms with E-state index in [2.05, 4.69) is 21.9 Å². The van der Waals surface area contributed by atoms with Crippen LogP contribution in [0.3, 0.4) is 0 Å². The summed E-state index contributed by atoms with van der Waals surface area (Å²) in [6.45, 7) is -1.77. The lowest BCUT2D eigenvalue weighted by Gasteiger charge is -2.45. The molecular weight excluding hydrogens is 963 g/mol. The third kappa shape index (κ3) is 18.1. The van der Waals surface area contributed by atoms with Crippen molar-refractivity contribution in [3.8, 4) is 0 Å². The molecule has 23 nitrogen and oxygen atoms in total. The molecule has 386 valence electrons. The van der Waals surface area contributed by atoms with Gasteiger partial charge in [-0.25, -0.2) is 28.2 Å². The van der Waals surface area contributed by atoms with Crippen LogP contribution in [0, 0.1) is 0 Å². The van der Waals surface area contributed by atoms with Gasteiger partial charge in [0.2, 0.25) is 6.29 Å². The monoisotopic (exact) mass is 1030 g/mol. The van der Waals surface area contributed by atoms with Gasteiger partial charge in [-0.1, -0.05) is 96.8 Å². The highest BCUT2D eigenvalue weighted by atomic mass is 32.5. The molecule has 27 heteroatoms. The van der Waals surface area contributed by atoms with E-state index in [0.29, 0.717) is 6.42 Å². The maximum atomic E-state index is 16.2. The van der Waals surface area contributed by atoms with Gasteiger partial charge in [-0.05, 0) is 18.2 Å². The fourth-order valence-corrected chi connectivity index (χ4v) is 10.9. The van der Waals surface area contributed by atoms with Crippen LogP contribution >= 0.6 is 14.5 Å². The summed E-state index contributed by atoms with van der Waals surface area (Å²) in [6, 6.07) is 0. The average Bonchev–Trinajstić information content (AvgIpc) is 3.81. The number of ether oxygens (including phenoxy) is 6. The largest absolute Gasteiger partial charge is 0.481 e. The fourth-order valence-electron chi connectivity index (χ4n) is 7.79. The Hall–Kier alpha value is -3.32. The number of esters is 4. The molecule has 0 aromatic carbocycles. The third-order valence-corrected chi connectivity index (χ3v) is 14.5. The minimum Gasteiger partial charge on any atom is -0.462 e. The van der Waals surface area contributed by atoms with Gasteiger partial charge in [0.25, 0.3) is 0 Å². The molecule has 2 aliphatic rings. The average molecular weight is 1030 g/mol. The summed E-state index contributed by atoms with van der Waals surface area (Å²) >= 11 is 4.91. The van der Waals surface area contributed by atoms with Gasteiger partial charge in [-0.15, -0.1) is 0 Å². The molecule has 2 aromatic heterocycles. The Morgan fingerprint density at radius 1 is 0.809 bits per heavy atom. The van der Waals surface area contributed by atoms with Crippen molar-refractivity contribution in [2.24, 2.45) is 0 Å². The number of hydrogen-bond donors (Lipinski definition) is 5. The van der Waals surface area contributed by atoms with Crippen LogP contribution in [0.25, 0.3) is 11.2 Å². The van der Waals surface area contributed by atoms with E-state index in [9.17, 15) is 43.7 Å². The van der Waals surface area contributed by atoms with E-state index in [1.165, 1.54) is 68.7 Å². The van der Waals surface area contributed by atoms with Crippen molar-refractivity contribution in [3.63, 3.8) is 0 Å². The molecule has 2 fully saturated rings. The highest BCUT2D eigenvalue weighted by molar-refractivity contribution is 8.08. The zero-order valence-corrected chi connectivity index (χ0v) is 41.3. The number of carbonyl (C=O) groups excluding carboxylic acids is 4. The first-order valence-corrected chi connectivity index (χ1v) is 26.9. The molecule has 0 saturated carbocycles. The van der Waals surface area contributed by atoms with Crippen LogP contribution in [0.1, 0.15) is 137 Å². The molecule has 0 bridgehead atoms. The molecule has 68 heavy (non-hydrogen) atoms. The Labute approximate surface area is 399 Å². The molecule has 0 spiro atoms. The second kappa shape index (κ2) is 27.9. The number of aromatic nitrogens is 4. The number of carbonyl (C=O) groups is 4. The van der Waals surface area contributed by atoms with Crippen LogP contribution < -0.4 is 5.73 Å². The molecule has 4 rings (SSSR count). The minimum atomic E-state index is -5.76. The Morgan fingerprint density at radius 2 is 1.35 bits per heavy atom. The lowest BCUT2D eigenvalue weighted by molar-refractivity contribution is -0.296. The molecule has 0 radical (unpaired) electrons. The second-order valence-corrected chi connectivity index (χ2v) is 21.0. The van der Waals surface area contributed by atoms with Crippen molar-refractivity contribution in [1.29, 1.82) is 0 Å². The Bertz CT molecular complexity index is 2040. The summed E-state index contributed by atoms with van der Waals surface area (Å²) in [5, 5.41) is 21.5. The SMILES string of the molecule is CCCCCCCCCCCCCCCCCC(=O)OC[C@H](F)[C@H]1O[C@@H](OP(=O)(O)OP(O)(=S)OC[C@H]2O[C@@H](n3cnc4c(N)ncnc43)[C@H](O)[C@@H]2O)[C@@H](OC(C)=O)[C@@H](OC(C)=O)[C@@H]1OC(C)=O. The van der Waals surface area contributed by atoms with Gasteiger partial charge < -0.3 is 58.7 Å². The number of alkyl halides is 1. The van der Waals surface area contributed by atoms with Crippen LogP contribution in [0.4, 0.5) is 10.2 Å². The zero-order valence-electron chi connectivity index (χ0n) is 38.7. The van der Waals surface area contributed by atoms with Crippen LogP contribution in [0.15, 0.2) is 12.7 Å². The molecule has 2 aromatic rings. The van der Waals surface area contributed by atoms with Crippen LogP contribution in [-0.2, 0) is 77.3 Å². The molecular formula is C41H66FN5O18P2S. The zero-order chi connectivity index (χ0) is 50.0. The summed E-state index contributed by atoms with van der Waals surface area (Å²) in [7, 11) is -5.76. The van der Waals surface area contributed by atoms with Crippen molar-refractivity contribution in [3.05, 3.63) is 12.7 Å². The number of hydrogen-bond acceptors (Lipinski definition) is 21. The number of imidazole rings is 1. The van der Waals surface area contributed by atoms with Crippen LogP contribution in [-0.4, -0.2) is 132 Å². The quantitative estimate of drug-likeness (QED) is 0.0295. The topological polar surface area (TPSA) is 319 Å². The normalized spacial score (nSPS) is 26.1. The maximum absolute atomic E-state index is 16.2. The molecule has 12 atom stereocenters. The highest BCUT2D eigenvalue weighted by Crippen LogP contribution is 2.62. The summed E-state index contributed by atoms with van der Waals surface area (Å²) in [4.78, 5) is 83.2. The smallest absolute Gasteiger partial charge is 0.462 e. The first-order valence-electron chi connectivity index (χ1n) is 22.8. The van der Waals surface area contributed by atoms with E-state index in [4.69, 9.17) is 59.3 Å². The summed E-state index contributed by atoms with van der Waals surface area (Å²) < 4.78 is 78.2. The van der Waals surface area contributed by atoms with Gasteiger partial charge in [-0.2, -0.15) is 0 Å². The number of unbranched alkanes of at least 4 members (excludes halogenated alkanes) is 14. The van der Waals surface area contributed by atoms with E-state index < -0.39 is 113 Å². The number of nitrogens with zero attached hydrogens (tertiary/aromatic N) is 4. The van der Waals surface area contributed by atoms with Gasteiger partial charge in [0.1, 0.15) is 42.9 Å². The number of aliphatic hydroxyl groups is 2. The number of rotatable bonds is 30. The molecule has 2 aliphatic heterocycles. The van der Waals surface area contributed by atoms with Gasteiger partial charge >= 0.3 is 38.4 Å². The lowest BCUT2D eigenvalue weighted by Crippen LogP contribution is -2.64. The number of aliphatic hydroxyl groups excluding tert-OH is 2. The van der Waals surface area contributed by atoms with Crippen molar-refractivity contribution >= 4 is 67.2 Å². The van der Waals surface area contributed by atoms with Gasteiger partial charge in [0.15, 0.2) is 42.2 Å². The highest BCUT2D eigenvalue weighted by Gasteiger charge is 2.57. The summed E-state index contributed by atoms with van der Waals surface area (Å²) in [6.07, 6.45) is 0.342. The number of fused-ring (bicyclic) bond motifs is 1. The fraction of sp³-hybridized carbons (Fsp3) is 0.780. The van der Waals surface area contributed by atoms with Crippen LogP contribution in [0.5, 0.6) is 0 Å². The van der Waals surface area contributed by atoms with Gasteiger partial charge in [-0.3, -0.25) is 28.3 Å². The minimum absolute atomic E-state index is 0.0276. The van der Waals surface area contributed by atoms with Crippen molar-refractivity contribution in [2.75, 3.05) is 18.9 Å². The van der Waals surface area contributed by atoms with Gasteiger partial charge in [0.05, 0.1) is 12.9 Å². The van der Waals surface area contributed by atoms with E-state index in [0.717, 1.165) is 59.2 Å². The van der Waals surface area contributed by atoms with Crippen molar-refractivity contribution in [2.45, 2.75) is 192 Å². The molecule has 2 saturated heterocycles. The number of anilines is 1. The summed E-state index contributed by atoms with van der Waals surface area (Å²) in [5.41, 5.74) is 6.14. The van der Waals surface area contributed by atoms with Crippen molar-refractivity contribution < 1.29 is 89.9 Å². The maximum Gasteiger partial charge on any atom is 0.481 e. The molecule has 0 amide bonds. The van der Waals surface area contributed by atoms with E-state index in [1.54, 1.807) is 0 Å². The first kappa shape index (κ1) is 57.3. The molecule has 4 heterocycles. The molecule has 6 N–H and O–H groups in total. The van der Waals surface area contributed by atoms with Crippen LogP contribution in [0.2, 0.25) is 0 Å². The van der Waals surface area contributed by atoms with E-state index >= 15 is 4.39 Å². The Balaban J connectivity index is 1.34. The molecule has 2 unspecified atom stereocenters. The predicted molar refractivity (Wildman–Crippen MR) is 241 cm³/mol. The van der Waals surface area contributed by atoms with Crippen molar-refractivity contribution in [1.82, 2.24) is 19.5 Å². The third-order valence-electron chi connectivity index (χ3n) is 11.0. The summed E-state index contributed by atoms with van der Waals surface area (Å²) in [5.74, 6) is -3.93. The predicted octanol–water partition coefficient (Wildman–Crippen LogP) is 5.06. The second-order valence-electron chi connectivity index (χ2n) is 16.6. The van der Waals surface area contributed by atoms with E-state index in [-0.39, 0.29) is 23.4 Å². The first-order chi connectivity index (χ1) is 32.2. The Morgan fingerprint density at radius 3 is 1.93 bits per heavy atom. The number of nitrogens with two attached hydrogens (primary N) is 1. The Kier molecular flexibility index (Phi) is 23.5. The van der Waals surface area contributed by atoms with E-state index in [1.807, 2.05) is 0 Å².